The van der Waals surface area contributed by atoms with Crippen molar-refractivity contribution in [2.45, 2.75) is 6.92 Å². The number of pyridine rings is 1. The topological polar surface area (TPSA) is 71.1 Å². The second-order valence-electron chi connectivity index (χ2n) is 4.11. The zero-order chi connectivity index (χ0) is 14.5. The molecule has 1 aromatic carbocycles. The van der Waals surface area contributed by atoms with Gasteiger partial charge in [-0.1, -0.05) is 0 Å². The molecule has 0 aliphatic carbocycles. The van der Waals surface area contributed by atoms with Gasteiger partial charge in [-0.05, 0) is 65.4 Å². The van der Waals surface area contributed by atoms with E-state index in [1.54, 1.807) is 24.4 Å². The predicted octanol–water partition coefficient (Wildman–Crippen LogP) is 2.57. The number of rotatable bonds is 2. The fourth-order valence-electron chi connectivity index (χ4n) is 1.57. The first-order chi connectivity index (χ1) is 9.56. The highest BCUT2D eigenvalue weighted by atomic mass is 127. The molecule has 0 bridgehead atoms. The number of hydrogen-bond acceptors (Lipinski definition) is 3. The second kappa shape index (κ2) is 6.47. The molecule has 2 rings (SSSR count). The van der Waals surface area contributed by atoms with Crippen LogP contribution in [0, 0.1) is 10.5 Å². The van der Waals surface area contributed by atoms with Crippen LogP contribution in [0.3, 0.4) is 0 Å². The van der Waals surface area contributed by atoms with Gasteiger partial charge < -0.3 is 10.6 Å². The number of halogens is 1. The van der Waals surface area contributed by atoms with Crippen molar-refractivity contribution >= 4 is 45.8 Å². The van der Waals surface area contributed by atoms with Crippen molar-refractivity contribution in [3.8, 4) is 0 Å². The summed E-state index contributed by atoms with van der Waals surface area (Å²) in [4.78, 5) is 27.4. The first-order valence-corrected chi connectivity index (χ1v) is 6.92. The highest BCUT2D eigenvalue weighted by molar-refractivity contribution is 14.1. The molecule has 0 fully saturated rings. The number of anilines is 2. The van der Waals surface area contributed by atoms with E-state index in [9.17, 15) is 9.59 Å². The third kappa shape index (κ3) is 3.77. The summed E-state index contributed by atoms with van der Waals surface area (Å²) in [5, 5.41) is 5.06. The van der Waals surface area contributed by atoms with E-state index >= 15 is 0 Å². The first-order valence-electron chi connectivity index (χ1n) is 5.85. The van der Waals surface area contributed by atoms with Crippen LogP contribution in [-0.2, 0) is 9.59 Å². The van der Waals surface area contributed by atoms with Crippen molar-refractivity contribution in [3.63, 3.8) is 0 Å². The van der Waals surface area contributed by atoms with Crippen molar-refractivity contribution in [2.24, 2.45) is 0 Å². The highest BCUT2D eigenvalue weighted by Crippen LogP contribution is 2.17. The van der Waals surface area contributed by atoms with Crippen LogP contribution in [0.25, 0.3) is 0 Å². The molecule has 2 N–H and O–H groups in total. The van der Waals surface area contributed by atoms with Crippen LogP contribution in [0.2, 0.25) is 0 Å². The Bertz CT molecular complexity index is 644. The highest BCUT2D eigenvalue weighted by Gasteiger charge is 2.14. The van der Waals surface area contributed by atoms with Gasteiger partial charge in [0.05, 0.1) is 11.9 Å². The van der Waals surface area contributed by atoms with Gasteiger partial charge in [-0.2, -0.15) is 0 Å². The largest absolute Gasteiger partial charge is 0.318 e. The Kier molecular flexibility index (Phi) is 4.67. The standard InChI is InChI=1S/C14H12IN3O2/c1-9-7-10(15)4-5-12(9)18-14(20)13(19)17-11-3-2-6-16-8-11/h2-8H,1H3,(H,17,19)(H,18,20). The number of hydrogen-bond donors (Lipinski definition) is 2. The molecule has 1 aromatic heterocycles. The Labute approximate surface area is 129 Å². The number of aromatic nitrogens is 1. The van der Waals surface area contributed by atoms with Gasteiger partial charge >= 0.3 is 11.8 Å². The molecule has 0 aliphatic rings. The Morgan fingerprint density at radius 1 is 1.15 bits per heavy atom. The zero-order valence-electron chi connectivity index (χ0n) is 10.7. The van der Waals surface area contributed by atoms with Crippen LogP contribution >= 0.6 is 22.6 Å². The van der Waals surface area contributed by atoms with E-state index in [0.29, 0.717) is 11.4 Å². The molecule has 1 heterocycles. The quantitative estimate of drug-likeness (QED) is 0.621. The molecular weight excluding hydrogens is 369 g/mol. The summed E-state index contributed by atoms with van der Waals surface area (Å²) in [5.74, 6) is -1.44. The molecule has 0 radical (unpaired) electrons. The maximum Gasteiger partial charge on any atom is 0.314 e. The smallest absolute Gasteiger partial charge is 0.314 e. The Morgan fingerprint density at radius 2 is 1.90 bits per heavy atom. The van der Waals surface area contributed by atoms with Crippen LogP contribution in [0.1, 0.15) is 5.56 Å². The van der Waals surface area contributed by atoms with E-state index < -0.39 is 11.8 Å². The molecule has 0 atom stereocenters. The zero-order valence-corrected chi connectivity index (χ0v) is 12.8. The molecule has 5 nitrogen and oxygen atoms in total. The molecule has 0 saturated heterocycles. The summed E-state index contributed by atoms with van der Waals surface area (Å²) >= 11 is 2.19. The molecular formula is C14H12IN3O2. The van der Waals surface area contributed by atoms with E-state index in [4.69, 9.17) is 0 Å². The van der Waals surface area contributed by atoms with E-state index in [-0.39, 0.29) is 0 Å². The molecule has 2 aromatic rings. The maximum atomic E-state index is 11.8. The Morgan fingerprint density at radius 3 is 2.55 bits per heavy atom. The SMILES string of the molecule is Cc1cc(I)ccc1NC(=O)C(=O)Nc1cccnc1. The van der Waals surface area contributed by atoms with Crippen molar-refractivity contribution in [3.05, 3.63) is 51.9 Å². The van der Waals surface area contributed by atoms with Gasteiger partial charge in [-0.15, -0.1) is 0 Å². The lowest BCUT2D eigenvalue weighted by Gasteiger charge is -2.09. The van der Waals surface area contributed by atoms with E-state index in [1.165, 1.54) is 6.20 Å². The van der Waals surface area contributed by atoms with Crippen molar-refractivity contribution in [2.75, 3.05) is 10.6 Å². The number of benzene rings is 1. The number of nitrogens with zero attached hydrogens (tertiary/aromatic N) is 1. The number of nitrogens with one attached hydrogen (secondary N) is 2. The van der Waals surface area contributed by atoms with Crippen molar-refractivity contribution in [1.82, 2.24) is 4.98 Å². The molecule has 0 spiro atoms. The summed E-state index contributed by atoms with van der Waals surface area (Å²) in [7, 11) is 0. The van der Waals surface area contributed by atoms with E-state index in [0.717, 1.165) is 9.13 Å². The van der Waals surface area contributed by atoms with Crippen LogP contribution in [0.5, 0.6) is 0 Å². The second-order valence-corrected chi connectivity index (χ2v) is 5.35. The maximum absolute atomic E-state index is 11.8. The normalized spacial score (nSPS) is 9.90. The molecule has 102 valence electrons. The molecule has 0 unspecified atom stereocenters. The Balaban J connectivity index is 2.03. The molecule has 0 saturated carbocycles. The average Bonchev–Trinajstić information content (AvgIpc) is 2.43. The van der Waals surface area contributed by atoms with Crippen molar-refractivity contribution < 1.29 is 9.59 Å². The van der Waals surface area contributed by atoms with Gasteiger partial charge in [0.1, 0.15) is 0 Å². The van der Waals surface area contributed by atoms with Gasteiger partial charge in [-0.25, -0.2) is 0 Å². The lowest BCUT2D eigenvalue weighted by molar-refractivity contribution is -0.133. The minimum atomic E-state index is -0.726. The Hall–Kier alpha value is -1.96. The minimum absolute atomic E-state index is 0.479. The fourth-order valence-corrected chi connectivity index (χ4v) is 2.22. The summed E-state index contributed by atoms with van der Waals surface area (Å²) in [6.07, 6.45) is 3.06. The number of amides is 2. The summed E-state index contributed by atoms with van der Waals surface area (Å²) in [6.45, 7) is 1.87. The lowest BCUT2D eigenvalue weighted by atomic mass is 10.2. The number of carbonyl (C=O) groups excluding carboxylic acids is 2. The third-order valence-electron chi connectivity index (χ3n) is 2.56. The molecule has 0 aliphatic heterocycles. The fraction of sp³-hybridized carbons (Fsp3) is 0.0714. The third-order valence-corrected chi connectivity index (χ3v) is 3.23. The summed E-state index contributed by atoms with van der Waals surface area (Å²) < 4.78 is 1.07. The predicted molar refractivity (Wildman–Crippen MR) is 85.4 cm³/mol. The van der Waals surface area contributed by atoms with Gasteiger partial charge in [0.2, 0.25) is 0 Å². The van der Waals surface area contributed by atoms with Crippen LogP contribution < -0.4 is 10.6 Å². The van der Waals surface area contributed by atoms with Gasteiger partial charge in [-0.3, -0.25) is 14.6 Å². The van der Waals surface area contributed by atoms with E-state index in [2.05, 4.69) is 38.2 Å². The van der Waals surface area contributed by atoms with Crippen LogP contribution in [-0.4, -0.2) is 16.8 Å². The number of aryl methyl sites for hydroxylation is 1. The van der Waals surface area contributed by atoms with Crippen LogP contribution in [0.4, 0.5) is 11.4 Å². The lowest BCUT2D eigenvalue weighted by Crippen LogP contribution is -2.29. The summed E-state index contributed by atoms with van der Waals surface area (Å²) in [5.41, 5.74) is 2.00. The molecule has 2 amide bonds. The first kappa shape index (κ1) is 14.4. The minimum Gasteiger partial charge on any atom is -0.318 e. The van der Waals surface area contributed by atoms with Crippen molar-refractivity contribution in [1.29, 1.82) is 0 Å². The van der Waals surface area contributed by atoms with Gasteiger partial charge in [0, 0.05) is 15.5 Å². The van der Waals surface area contributed by atoms with Gasteiger partial charge in [0.25, 0.3) is 0 Å². The average molecular weight is 381 g/mol. The van der Waals surface area contributed by atoms with E-state index in [1.807, 2.05) is 19.1 Å². The molecule has 20 heavy (non-hydrogen) atoms. The molecule has 6 heteroatoms. The summed E-state index contributed by atoms with van der Waals surface area (Å²) in [6, 6.07) is 8.90. The monoisotopic (exact) mass is 381 g/mol. The van der Waals surface area contributed by atoms with Crippen LogP contribution in [0.15, 0.2) is 42.7 Å². The van der Waals surface area contributed by atoms with Gasteiger partial charge in [0.15, 0.2) is 0 Å². The number of carbonyl (C=O) groups is 2.